The van der Waals surface area contributed by atoms with Gasteiger partial charge in [-0.3, -0.25) is 9.59 Å². The van der Waals surface area contributed by atoms with Crippen molar-refractivity contribution in [3.8, 4) is 17.2 Å². The number of likely N-dealkylation sites (tertiary alicyclic amines) is 1. The second-order valence-corrected chi connectivity index (χ2v) is 7.58. The zero-order valence-electron chi connectivity index (χ0n) is 16.6. The summed E-state index contributed by atoms with van der Waals surface area (Å²) < 4.78 is 17.1. The molecule has 2 aliphatic rings. The van der Waals surface area contributed by atoms with Crippen LogP contribution in [-0.2, 0) is 4.79 Å². The van der Waals surface area contributed by atoms with Crippen LogP contribution in [0.3, 0.4) is 0 Å². The number of ether oxygens (including phenoxy) is 3. The molecule has 1 fully saturated rings. The van der Waals surface area contributed by atoms with Gasteiger partial charge in [-0.25, -0.2) is 0 Å². The number of benzene rings is 2. The van der Waals surface area contributed by atoms with E-state index >= 15 is 0 Å². The van der Waals surface area contributed by atoms with Crippen LogP contribution in [0.25, 0.3) is 0 Å². The second kappa shape index (κ2) is 8.15. The van der Waals surface area contributed by atoms with Crippen molar-refractivity contribution in [2.24, 2.45) is 0 Å². The van der Waals surface area contributed by atoms with Crippen molar-refractivity contribution in [3.05, 3.63) is 54.1 Å². The molecular formula is C23H25NO5. The second-order valence-electron chi connectivity index (χ2n) is 7.58. The summed E-state index contributed by atoms with van der Waals surface area (Å²) in [4.78, 5) is 27.1. The molecule has 1 spiro atoms. The van der Waals surface area contributed by atoms with E-state index in [-0.39, 0.29) is 18.1 Å². The molecular weight excluding hydrogens is 370 g/mol. The monoisotopic (exact) mass is 395 g/mol. The van der Waals surface area contributed by atoms with Crippen LogP contribution in [0.5, 0.6) is 17.2 Å². The third-order valence-corrected chi connectivity index (χ3v) is 5.51. The molecule has 1 saturated heterocycles. The minimum absolute atomic E-state index is 0.0377. The number of carbonyl (C=O) groups is 2. The molecule has 2 aromatic carbocycles. The molecule has 1 amide bonds. The first-order valence-corrected chi connectivity index (χ1v) is 9.94. The Bertz CT molecular complexity index is 897. The van der Waals surface area contributed by atoms with Crippen LogP contribution in [0.15, 0.2) is 48.5 Å². The van der Waals surface area contributed by atoms with Gasteiger partial charge >= 0.3 is 0 Å². The van der Waals surface area contributed by atoms with Gasteiger partial charge in [0.05, 0.1) is 32.2 Å². The molecule has 2 aliphatic heterocycles. The van der Waals surface area contributed by atoms with Crippen molar-refractivity contribution in [1.82, 2.24) is 4.90 Å². The van der Waals surface area contributed by atoms with Crippen LogP contribution in [0.2, 0.25) is 0 Å². The molecule has 1 atom stereocenters. The van der Waals surface area contributed by atoms with Gasteiger partial charge in [-0.15, -0.1) is 0 Å². The third-order valence-electron chi connectivity index (χ3n) is 5.51. The number of methoxy groups -OCH3 is 1. The molecule has 2 aromatic rings. The van der Waals surface area contributed by atoms with Crippen molar-refractivity contribution >= 4 is 11.7 Å². The van der Waals surface area contributed by atoms with Gasteiger partial charge < -0.3 is 19.1 Å². The molecule has 6 nitrogen and oxygen atoms in total. The smallest absolute Gasteiger partial charge is 0.222 e. The van der Waals surface area contributed by atoms with E-state index in [9.17, 15) is 9.59 Å². The topological polar surface area (TPSA) is 65.1 Å². The van der Waals surface area contributed by atoms with Crippen molar-refractivity contribution in [2.75, 3.05) is 26.8 Å². The molecule has 2 heterocycles. The standard InChI is InChI=1S/C23H25NO5/c1-27-18-9-10-21-19(14-18)20(25)15-23(29-21)11-12-24(16-23)22(26)8-5-13-28-17-6-3-2-4-7-17/h2-4,6-7,9-10,14H,5,8,11-13,15-16H2,1H3. The Morgan fingerprint density at radius 1 is 1.17 bits per heavy atom. The summed E-state index contributed by atoms with van der Waals surface area (Å²) in [6.07, 6.45) is 2.02. The average molecular weight is 395 g/mol. The quantitative estimate of drug-likeness (QED) is 0.701. The zero-order chi connectivity index (χ0) is 20.3. The first-order valence-electron chi connectivity index (χ1n) is 9.94. The lowest BCUT2D eigenvalue weighted by Gasteiger charge is -2.34. The van der Waals surface area contributed by atoms with Crippen LogP contribution < -0.4 is 14.2 Å². The number of hydrogen-bond acceptors (Lipinski definition) is 5. The molecule has 152 valence electrons. The van der Waals surface area contributed by atoms with Crippen LogP contribution in [0, 0.1) is 0 Å². The fraction of sp³-hybridized carbons (Fsp3) is 0.391. The largest absolute Gasteiger partial charge is 0.497 e. The maximum absolute atomic E-state index is 12.7. The summed E-state index contributed by atoms with van der Waals surface area (Å²) in [6.45, 7) is 1.55. The predicted molar refractivity (Wildman–Crippen MR) is 108 cm³/mol. The van der Waals surface area contributed by atoms with E-state index < -0.39 is 5.60 Å². The Labute approximate surface area is 170 Å². The van der Waals surface area contributed by atoms with Gasteiger partial charge in [0.15, 0.2) is 5.78 Å². The maximum Gasteiger partial charge on any atom is 0.222 e. The summed E-state index contributed by atoms with van der Waals surface area (Å²) in [5, 5.41) is 0. The Morgan fingerprint density at radius 2 is 2.00 bits per heavy atom. The van der Waals surface area contributed by atoms with Gasteiger partial charge in [0.1, 0.15) is 22.8 Å². The highest BCUT2D eigenvalue weighted by molar-refractivity contribution is 6.01. The van der Waals surface area contributed by atoms with E-state index in [1.165, 1.54) is 0 Å². The summed E-state index contributed by atoms with van der Waals surface area (Å²) >= 11 is 0. The number of Topliss-reactive ketones (excluding diaryl/α,β-unsaturated/α-hetero) is 1. The summed E-state index contributed by atoms with van der Waals surface area (Å²) in [6, 6.07) is 14.9. The fourth-order valence-corrected chi connectivity index (χ4v) is 3.97. The van der Waals surface area contributed by atoms with E-state index in [2.05, 4.69) is 0 Å². The number of ketones is 1. The van der Waals surface area contributed by atoms with Gasteiger partial charge in [-0.05, 0) is 36.8 Å². The first-order chi connectivity index (χ1) is 14.1. The van der Waals surface area contributed by atoms with Crippen LogP contribution >= 0.6 is 0 Å². The number of amides is 1. The lowest BCUT2D eigenvalue weighted by atomic mass is 9.89. The molecule has 0 radical (unpaired) electrons. The Hall–Kier alpha value is -3.02. The average Bonchev–Trinajstić information content (AvgIpc) is 3.14. The van der Waals surface area contributed by atoms with Crippen LogP contribution in [0.1, 0.15) is 36.0 Å². The van der Waals surface area contributed by atoms with Crippen LogP contribution in [-0.4, -0.2) is 49.0 Å². The maximum atomic E-state index is 12.7. The number of carbonyl (C=O) groups excluding carboxylic acids is 2. The highest BCUT2D eigenvalue weighted by Gasteiger charge is 2.46. The molecule has 0 bridgehead atoms. The van der Waals surface area contributed by atoms with Crippen molar-refractivity contribution in [1.29, 1.82) is 0 Å². The summed E-state index contributed by atoms with van der Waals surface area (Å²) in [5.74, 6) is 2.14. The number of para-hydroxylation sites is 1. The molecule has 0 aromatic heterocycles. The van der Waals surface area contributed by atoms with Crippen LogP contribution in [0.4, 0.5) is 0 Å². The van der Waals surface area contributed by atoms with Crippen molar-refractivity contribution < 1.29 is 23.8 Å². The third kappa shape index (κ3) is 4.21. The van der Waals surface area contributed by atoms with E-state index in [0.29, 0.717) is 56.0 Å². The lowest BCUT2D eigenvalue weighted by molar-refractivity contribution is -0.131. The minimum Gasteiger partial charge on any atom is -0.497 e. The van der Waals surface area contributed by atoms with Gasteiger partial charge in [0, 0.05) is 19.4 Å². The highest BCUT2D eigenvalue weighted by Crippen LogP contribution is 2.40. The summed E-state index contributed by atoms with van der Waals surface area (Å²) in [7, 11) is 1.57. The highest BCUT2D eigenvalue weighted by atomic mass is 16.5. The van der Waals surface area contributed by atoms with E-state index in [1.807, 2.05) is 35.2 Å². The van der Waals surface area contributed by atoms with Gasteiger partial charge in [0.2, 0.25) is 5.91 Å². The molecule has 4 rings (SSSR count). The van der Waals surface area contributed by atoms with Gasteiger partial charge in [0.25, 0.3) is 0 Å². The van der Waals surface area contributed by atoms with Gasteiger partial charge in [-0.2, -0.15) is 0 Å². The van der Waals surface area contributed by atoms with Gasteiger partial charge in [-0.1, -0.05) is 18.2 Å². The van der Waals surface area contributed by atoms with E-state index in [4.69, 9.17) is 14.2 Å². The lowest BCUT2D eigenvalue weighted by Crippen LogP contribution is -2.45. The molecule has 29 heavy (non-hydrogen) atoms. The Balaban J connectivity index is 1.31. The number of hydrogen-bond donors (Lipinski definition) is 0. The first kappa shape index (κ1) is 19.3. The predicted octanol–water partition coefficient (Wildman–Crippen LogP) is 3.49. The molecule has 0 aliphatic carbocycles. The normalized spacial score (nSPS) is 20.3. The van der Waals surface area contributed by atoms with Crippen molar-refractivity contribution in [2.45, 2.75) is 31.3 Å². The zero-order valence-corrected chi connectivity index (χ0v) is 16.6. The van der Waals surface area contributed by atoms with E-state index in [0.717, 1.165) is 5.75 Å². The molecule has 0 N–H and O–H groups in total. The Morgan fingerprint density at radius 3 is 2.79 bits per heavy atom. The number of rotatable bonds is 6. The SMILES string of the molecule is COc1ccc2c(c1)C(=O)CC1(CCN(C(=O)CCCOc3ccccc3)C1)O2. The molecule has 6 heteroatoms. The van der Waals surface area contributed by atoms with Crippen molar-refractivity contribution in [3.63, 3.8) is 0 Å². The number of nitrogens with zero attached hydrogens (tertiary/aromatic N) is 1. The number of fused-ring (bicyclic) bond motifs is 1. The Kier molecular flexibility index (Phi) is 5.43. The fourth-order valence-electron chi connectivity index (χ4n) is 3.97. The minimum atomic E-state index is -0.616. The van der Waals surface area contributed by atoms with E-state index in [1.54, 1.807) is 25.3 Å². The molecule has 0 saturated carbocycles. The summed E-state index contributed by atoms with van der Waals surface area (Å²) in [5.41, 5.74) is -0.0627. The molecule has 1 unspecified atom stereocenters.